The molecule has 1 aromatic heterocycles. The summed E-state index contributed by atoms with van der Waals surface area (Å²) in [6, 6.07) is 10.5. The van der Waals surface area contributed by atoms with E-state index in [1.807, 2.05) is 24.0 Å². The zero-order valence-electron chi connectivity index (χ0n) is 9.50. The normalized spacial score (nSPS) is 16.1. The third kappa shape index (κ3) is 2.48. The third-order valence-electron chi connectivity index (χ3n) is 2.83. The summed E-state index contributed by atoms with van der Waals surface area (Å²) in [6.07, 6.45) is 2.00. The van der Waals surface area contributed by atoms with Crippen molar-refractivity contribution in [1.82, 2.24) is 4.98 Å². The molecule has 1 aliphatic heterocycles. The zero-order valence-corrected chi connectivity index (χ0v) is 11.1. The molecule has 1 saturated heterocycles. The average molecular weight is 262 g/mol. The SMILES string of the molecule is c1ccc(-c2cnc(N3CCSCC3)s2)cc1. The van der Waals surface area contributed by atoms with Crippen molar-refractivity contribution >= 4 is 28.2 Å². The van der Waals surface area contributed by atoms with Crippen LogP contribution in [0.3, 0.4) is 0 Å². The van der Waals surface area contributed by atoms with E-state index in [9.17, 15) is 0 Å². The number of rotatable bonds is 2. The highest BCUT2D eigenvalue weighted by Gasteiger charge is 2.14. The van der Waals surface area contributed by atoms with Gasteiger partial charge in [0.05, 0.1) is 4.88 Å². The molecule has 0 aliphatic carbocycles. The Labute approximate surface area is 110 Å². The predicted octanol–water partition coefficient (Wildman–Crippen LogP) is 3.36. The van der Waals surface area contributed by atoms with Gasteiger partial charge in [0.2, 0.25) is 0 Å². The average Bonchev–Trinajstić information content (AvgIpc) is 2.90. The number of thioether (sulfide) groups is 1. The summed E-state index contributed by atoms with van der Waals surface area (Å²) < 4.78 is 0. The summed E-state index contributed by atoms with van der Waals surface area (Å²) in [6.45, 7) is 2.26. The highest BCUT2D eigenvalue weighted by Crippen LogP contribution is 2.31. The molecule has 0 radical (unpaired) electrons. The molecule has 1 aliphatic rings. The van der Waals surface area contributed by atoms with Crippen LogP contribution in [-0.2, 0) is 0 Å². The molecule has 2 heterocycles. The molecule has 2 nitrogen and oxygen atoms in total. The Morgan fingerprint density at radius 2 is 1.82 bits per heavy atom. The van der Waals surface area contributed by atoms with Crippen molar-refractivity contribution in [2.45, 2.75) is 0 Å². The summed E-state index contributed by atoms with van der Waals surface area (Å²) in [4.78, 5) is 8.21. The molecule has 3 rings (SSSR count). The Morgan fingerprint density at radius 1 is 1.06 bits per heavy atom. The first-order valence-electron chi connectivity index (χ1n) is 5.77. The quantitative estimate of drug-likeness (QED) is 0.825. The second-order valence-corrected chi connectivity index (χ2v) is 6.21. The molecular weight excluding hydrogens is 248 g/mol. The van der Waals surface area contributed by atoms with Gasteiger partial charge in [-0.25, -0.2) is 4.98 Å². The van der Waals surface area contributed by atoms with Gasteiger partial charge < -0.3 is 4.90 Å². The van der Waals surface area contributed by atoms with Gasteiger partial charge in [0, 0.05) is 30.8 Å². The van der Waals surface area contributed by atoms with Crippen LogP contribution < -0.4 is 4.90 Å². The topological polar surface area (TPSA) is 16.1 Å². The van der Waals surface area contributed by atoms with Crippen molar-refractivity contribution < 1.29 is 0 Å². The van der Waals surface area contributed by atoms with Crippen molar-refractivity contribution in [2.24, 2.45) is 0 Å². The molecule has 1 fully saturated rings. The fourth-order valence-electron chi connectivity index (χ4n) is 1.90. The Kier molecular flexibility index (Phi) is 3.34. The minimum Gasteiger partial charge on any atom is -0.346 e. The molecule has 88 valence electrons. The molecule has 0 saturated carbocycles. The number of anilines is 1. The van der Waals surface area contributed by atoms with Gasteiger partial charge in [-0.3, -0.25) is 0 Å². The molecule has 0 N–H and O–H groups in total. The maximum atomic E-state index is 4.55. The van der Waals surface area contributed by atoms with Crippen LogP contribution in [0.15, 0.2) is 36.5 Å². The smallest absolute Gasteiger partial charge is 0.185 e. The van der Waals surface area contributed by atoms with E-state index in [2.05, 4.69) is 34.1 Å². The number of aromatic nitrogens is 1. The Morgan fingerprint density at radius 3 is 2.59 bits per heavy atom. The summed E-state index contributed by atoms with van der Waals surface area (Å²) >= 11 is 3.83. The lowest BCUT2D eigenvalue weighted by atomic mass is 10.2. The van der Waals surface area contributed by atoms with Gasteiger partial charge >= 0.3 is 0 Å². The molecule has 0 amide bonds. The molecule has 4 heteroatoms. The lowest BCUT2D eigenvalue weighted by Crippen LogP contribution is -2.32. The van der Waals surface area contributed by atoms with Crippen LogP contribution >= 0.6 is 23.1 Å². The summed E-state index contributed by atoms with van der Waals surface area (Å²) in [7, 11) is 0. The number of hydrogen-bond donors (Lipinski definition) is 0. The molecule has 17 heavy (non-hydrogen) atoms. The van der Waals surface area contributed by atoms with Crippen molar-refractivity contribution in [1.29, 1.82) is 0 Å². The van der Waals surface area contributed by atoms with E-state index < -0.39 is 0 Å². The number of thiazole rings is 1. The number of hydrogen-bond acceptors (Lipinski definition) is 4. The Hall–Kier alpha value is -1.000. The highest BCUT2D eigenvalue weighted by molar-refractivity contribution is 7.99. The van der Waals surface area contributed by atoms with Gasteiger partial charge in [0.1, 0.15) is 0 Å². The molecule has 1 aromatic carbocycles. The predicted molar refractivity (Wildman–Crippen MR) is 77.1 cm³/mol. The van der Waals surface area contributed by atoms with Crippen molar-refractivity contribution in [3.8, 4) is 10.4 Å². The first kappa shape index (κ1) is 11.1. The van der Waals surface area contributed by atoms with Crippen molar-refractivity contribution in [3.05, 3.63) is 36.5 Å². The van der Waals surface area contributed by atoms with Gasteiger partial charge in [0.15, 0.2) is 5.13 Å². The van der Waals surface area contributed by atoms with Crippen LogP contribution in [-0.4, -0.2) is 29.6 Å². The standard InChI is InChI=1S/C13H14N2S2/c1-2-4-11(5-3-1)12-10-14-13(17-12)15-6-8-16-9-7-15/h1-5,10H,6-9H2. The fraction of sp³-hybridized carbons (Fsp3) is 0.308. The van der Waals surface area contributed by atoms with Crippen molar-refractivity contribution in [2.75, 3.05) is 29.5 Å². The Bertz CT molecular complexity index is 475. The minimum atomic E-state index is 1.13. The molecule has 0 atom stereocenters. The van der Waals surface area contributed by atoms with Crippen LogP contribution in [0.5, 0.6) is 0 Å². The van der Waals surface area contributed by atoms with E-state index in [1.165, 1.54) is 27.1 Å². The Balaban J connectivity index is 1.83. The summed E-state index contributed by atoms with van der Waals surface area (Å²) in [5.41, 5.74) is 1.27. The van der Waals surface area contributed by atoms with Gasteiger partial charge in [0.25, 0.3) is 0 Å². The molecular formula is C13H14N2S2. The van der Waals surface area contributed by atoms with Crippen LogP contribution in [0.1, 0.15) is 0 Å². The van der Waals surface area contributed by atoms with Gasteiger partial charge in [-0.1, -0.05) is 41.7 Å². The van der Waals surface area contributed by atoms with E-state index in [0.29, 0.717) is 0 Å². The largest absolute Gasteiger partial charge is 0.346 e. The lowest BCUT2D eigenvalue weighted by Gasteiger charge is -2.25. The van der Waals surface area contributed by atoms with E-state index in [0.717, 1.165) is 13.1 Å². The second-order valence-electron chi connectivity index (χ2n) is 3.97. The number of nitrogens with zero attached hydrogens (tertiary/aromatic N) is 2. The lowest BCUT2D eigenvalue weighted by molar-refractivity contribution is 0.853. The van der Waals surface area contributed by atoms with Crippen molar-refractivity contribution in [3.63, 3.8) is 0 Å². The monoisotopic (exact) mass is 262 g/mol. The van der Waals surface area contributed by atoms with Crippen LogP contribution in [0.2, 0.25) is 0 Å². The number of benzene rings is 1. The highest BCUT2D eigenvalue weighted by atomic mass is 32.2. The van der Waals surface area contributed by atoms with Crippen LogP contribution in [0.4, 0.5) is 5.13 Å². The minimum absolute atomic E-state index is 1.13. The second kappa shape index (κ2) is 5.10. The first-order chi connectivity index (χ1) is 8.43. The maximum absolute atomic E-state index is 4.55. The van der Waals surface area contributed by atoms with Gasteiger partial charge in [-0.15, -0.1) is 0 Å². The third-order valence-corrected chi connectivity index (χ3v) is 4.88. The first-order valence-corrected chi connectivity index (χ1v) is 7.74. The van der Waals surface area contributed by atoms with E-state index in [4.69, 9.17) is 0 Å². The summed E-state index contributed by atoms with van der Waals surface area (Å²) in [5, 5.41) is 1.17. The fourth-order valence-corrected chi connectivity index (χ4v) is 3.78. The van der Waals surface area contributed by atoms with Crippen LogP contribution in [0.25, 0.3) is 10.4 Å². The molecule has 2 aromatic rings. The molecule has 0 spiro atoms. The zero-order chi connectivity index (χ0) is 11.5. The van der Waals surface area contributed by atoms with E-state index >= 15 is 0 Å². The maximum Gasteiger partial charge on any atom is 0.185 e. The van der Waals surface area contributed by atoms with Gasteiger partial charge in [-0.05, 0) is 5.56 Å². The molecule has 0 bridgehead atoms. The van der Waals surface area contributed by atoms with Gasteiger partial charge in [-0.2, -0.15) is 11.8 Å². The summed E-state index contributed by atoms with van der Waals surface area (Å²) in [5.74, 6) is 2.44. The van der Waals surface area contributed by atoms with E-state index in [1.54, 1.807) is 11.3 Å². The van der Waals surface area contributed by atoms with E-state index in [-0.39, 0.29) is 0 Å². The van der Waals surface area contributed by atoms with Crippen LogP contribution in [0, 0.1) is 0 Å². The molecule has 0 unspecified atom stereocenters.